The van der Waals surface area contributed by atoms with Gasteiger partial charge in [0.2, 0.25) is 4.84 Å². The molecule has 32 heavy (non-hydrogen) atoms. The smallest absolute Gasteiger partial charge is 0.339 e. The van der Waals surface area contributed by atoms with Gasteiger partial charge in [-0.15, -0.1) is 0 Å². The minimum absolute atomic E-state index is 0.181. The number of rotatable bonds is 4. The molecule has 4 aliphatic rings. The summed E-state index contributed by atoms with van der Waals surface area (Å²) in [6, 6.07) is 0. The molecule has 0 aliphatic heterocycles. The molecule has 0 spiro atoms. The summed E-state index contributed by atoms with van der Waals surface area (Å²) >= 11 is 11.2. The summed E-state index contributed by atoms with van der Waals surface area (Å²) in [5.74, 6) is -4.49. The van der Waals surface area contributed by atoms with Crippen LogP contribution in [0, 0.1) is 34.5 Å². The van der Waals surface area contributed by atoms with E-state index in [0.29, 0.717) is 24.8 Å². The molecule has 0 aromatic rings. The van der Waals surface area contributed by atoms with Gasteiger partial charge >= 0.3 is 11.9 Å². The Labute approximate surface area is 195 Å². The Morgan fingerprint density at radius 3 is 2.66 bits per heavy atom. The van der Waals surface area contributed by atoms with Crippen molar-refractivity contribution in [2.45, 2.75) is 56.1 Å². The van der Waals surface area contributed by atoms with Crippen LogP contribution >= 0.6 is 23.2 Å². The molecule has 0 bridgehead atoms. The average molecular weight is 489 g/mol. The Bertz CT molecular complexity index is 918. The molecular weight excluding hydrogens is 462 g/mol. The van der Waals surface area contributed by atoms with E-state index in [9.17, 15) is 24.6 Å². The predicted molar refractivity (Wildman–Crippen MR) is 115 cm³/mol. The Morgan fingerprint density at radius 2 is 2.03 bits per heavy atom. The Hall–Kier alpha value is -1.44. The van der Waals surface area contributed by atoms with Crippen molar-refractivity contribution in [3.8, 4) is 0 Å². The van der Waals surface area contributed by atoms with Crippen LogP contribution in [-0.4, -0.2) is 51.2 Å². The first-order chi connectivity index (χ1) is 14.9. The van der Waals surface area contributed by atoms with Gasteiger partial charge in [-0.2, -0.15) is 0 Å². The largest absolute Gasteiger partial charge is 0.481 e. The van der Waals surface area contributed by atoms with E-state index in [2.05, 4.69) is 0 Å². The quantitative estimate of drug-likeness (QED) is 0.462. The zero-order chi connectivity index (χ0) is 23.6. The molecule has 176 valence electrons. The normalized spacial score (nSPS) is 45.0. The van der Waals surface area contributed by atoms with E-state index < -0.39 is 57.1 Å². The van der Waals surface area contributed by atoms with Crippen LogP contribution in [0.1, 0.15) is 39.5 Å². The highest BCUT2D eigenvalue weighted by molar-refractivity contribution is 6.52. The fourth-order valence-electron chi connectivity index (χ4n) is 7.36. The third-order valence-electron chi connectivity index (χ3n) is 8.65. The molecule has 6 nitrogen and oxygen atoms in total. The summed E-state index contributed by atoms with van der Waals surface area (Å²) in [4.78, 5) is 34.8. The van der Waals surface area contributed by atoms with Crippen LogP contribution in [0.2, 0.25) is 0 Å². The third-order valence-corrected chi connectivity index (χ3v) is 9.01. The minimum atomic E-state index is -2.08. The van der Waals surface area contributed by atoms with Gasteiger partial charge in [-0.1, -0.05) is 41.8 Å². The number of hydrogen-bond donors (Lipinski definition) is 2. The molecule has 0 heterocycles. The number of alkyl halides is 3. The van der Waals surface area contributed by atoms with Crippen LogP contribution in [0.5, 0.6) is 0 Å². The van der Waals surface area contributed by atoms with E-state index in [4.69, 9.17) is 27.9 Å². The van der Waals surface area contributed by atoms with Crippen LogP contribution in [0.15, 0.2) is 23.8 Å². The molecule has 0 aromatic carbocycles. The number of ketones is 1. The maximum Gasteiger partial charge on any atom is 0.339 e. The summed E-state index contributed by atoms with van der Waals surface area (Å²) in [5, 5.41) is 21.3. The lowest BCUT2D eigenvalue weighted by Crippen LogP contribution is -2.68. The van der Waals surface area contributed by atoms with Crippen molar-refractivity contribution >= 4 is 40.9 Å². The number of hydrogen-bond acceptors (Lipinski definition) is 5. The van der Waals surface area contributed by atoms with Crippen LogP contribution in [0.3, 0.4) is 0 Å². The summed E-state index contributed by atoms with van der Waals surface area (Å²) < 4.78 is 22.4. The molecule has 0 amide bonds. The van der Waals surface area contributed by atoms with Crippen LogP contribution < -0.4 is 0 Å². The lowest BCUT2D eigenvalue weighted by molar-refractivity contribution is -0.213. The lowest BCUT2D eigenvalue weighted by atomic mass is 9.45. The molecule has 0 radical (unpaired) electrons. The number of carbonyl (C=O) groups is 3. The molecule has 0 unspecified atom stereocenters. The number of carboxylic acid groups (broad SMARTS) is 1. The summed E-state index contributed by atoms with van der Waals surface area (Å²) in [6.45, 7) is 3.20. The number of carbonyl (C=O) groups excluding carboxylic acids is 2. The maximum atomic E-state index is 17.1. The lowest BCUT2D eigenvalue weighted by Gasteiger charge is -2.62. The number of ether oxygens (including phenoxy) is 1. The number of aliphatic hydroxyl groups is 1. The molecule has 4 rings (SSSR count). The first-order valence-corrected chi connectivity index (χ1v) is 11.7. The Morgan fingerprint density at radius 1 is 1.34 bits per heavy atom. The molecule has 4 aliphatic carbocycles. The molecule has 3 fully saturated rings. The maximum absolute atomic E-state index is 17.1. The van der Waals surface area contributed by atoms with Gasteiger partial charge < -0.3 is 14.9 Å². The fourth-order valence-corrected chi connectivity index (χ4v) is 7.48. The summed E-state index contributed by atoms with van der Waals surface area (Å²) in [6.07, 6.45) is 3.91. The first kappa shape index (κ1) is 23.7. The molecule has 0 aromatic heterocycles. The second-order valence-corrected chi connectivity index (χ2v) is 11.1. The van der Waals surface area contributed by atoms with Crippen LogP contribution in [0.25, 0.3) is 0 Å². The van der Waals surface area contributed by atoms with Gasteiger partial charge in [0.25, 0.3) is 0 Å². The second kappa shape index (κ2) is 7.81. The van der Waals surface area contributed by atoms with Crippen molar-refractivity contribution in [2.24, 2.45) is 34.5 Å². The highest BCUT2D eigenvalue weighted by Crippen LogP contribution is 2.69. The molecule has 8 atom stereocenters. The van der Waals surface area contributed by atoms with Gasteiger partial charge in [0.1, 0.15) is 0 Å². The second-order valence-electron chi connectivity index (χ2n) is 10.0. The van der Waals surface area contributed by atoms with Gasteiger partial charge in [0, 0.05) is 16.7 Å². The van der Waals surface area contributed by atoms with Gasteiger partial charge in [0.15, 0.2) is 11.5 Å². The number of aliphatic carboxylic acids is 1. The fraction of sp³-hybridized carbons (Fsp3) is 0.696. The van der Waals surface area contributed by atoms with Crippen molar-refractivity contribution in [1.82, 2.24) is 0 Å². The SMILES string of the molecule is C[C@@H]1C[C@H]2[C@@H]3CCC4=CC(=O)C=C[C@]4(C)[C@@]3(F)[C@@H](O)C[C@]2(COC(=O)C(Cl)Cl)[C@H]1C(=O)O. The van der Waals surface area contributed by atoms with E-state index in [1.807, 2.05) is 0 Å². The van der Waals surface area contributed by atoms with Gasteiger partial charge in [-0.3, -0.25) is 9.59 Å². The number of fused-ring (bicyclic) bond motifs is 5. The van der Waals surface area contributed by atoms with Gasteiger partial charge in [-0.25, -0.2) is 9.18 Å². The number of esters is 1. The van der Waals surface area contributed by atoms with Crippen molar-refractivity contribution in [3.63, 3.8) is 0 Å². The number of halogens is 3. The number of carboxylic acids is 1. The molecule has 2 N–H and O–H groups in total. The molecule has 0 saturated heterocycles. The predicted octanol–water partition coefficient (Wildman–Crippen LogP) is 3.63. The topological polar surface area (TPSA) is 101 Å². The number of aliphatic hydroxyl groups excluding tert-OH is 1. The molecular formula is C23H27Cl2FO6. The highest BCUT2D eigenvalue weighted by Gasteiger charge is 2.73. The van der Waals surface area contributed by atoms with Crippen LogP contribution in [-0.2, 0) is 19.1 Å². The van der Waals surface area contributed by atoms with E-state index in [1.165, 1.54) is 12.2 Å². The average Bonchev–Trinajstić information content (AvgIpc) is 2.99. The van der Waals surface area contributed by atoms with E-state index in [-0.39, 0.29) is 24.7 Å². The molecule has 9 heteroatoms. The molecule has 3 saturated carbocycles. The highest BCUT2D eigenvalue weighted by atomic mass is 35.5. The van der Waals surface area contributed by atoms with Crippen molar-refractivity contribution in [2.75, 3.05) is 6.61 Å². The van der Waals surface area contributed by atoms with Crippen LogP contribution in [0.4, 0.5) is 4.39 Å². The Balaban J connectivity index is 1.79. The standard InChI is InChI=1S/C23H27Cl2FO6/c1-11-7-15-14-4-3-12-8-13(27)5-6-21(12,2)23(14,26)16(28)9-22(15,17(11)19(29)30)10-32-20(31)18(24)25/h5-6,8,11,14-18,28H,3-4,7,9-10H2,1-2H3,(H,29,30)/t11-,14+,15+,16+,17-,21+,22-,23+/m1/s1. The van der Waals surface area contributed by atoms with Crippen molar-refractivity contribution in [1.29, 1.82) is 0 Å². The van der Waals surface area contributed by atoms with Crippen molar-refractivity contribution < 1.29 is 33.7 Å². The third kappa shape index (κ3) is 3.11. The monoisotopic (exact) mass is 488 g/mol. The van der Waals surface area contributed by atoms with Gasteiger partial charge in [-0.05, 0) is 56.6 Å². The number of allylic oxidation sites excluding steroid dienone is 4. The first-order valence-electron chi connectivity index (χ1n) is 10.9. The summed E-state index contributed by atoms with van der Waals surface area (Å²) in [5.41, 5.74) is -3.75. The van der Waals surface area contributed by atoms with E-state index in [0.717, 1.165) is 0 Å². The minimum Gasteiger partial charge on any atom is -0.481 e. The van der Waals surface area contributed by atoms with E-state index in [1.54, 1.807) is 19.9 Å². The Kier molecular flexibility index (Phi) is 5.79. The van der Waals surface area contributed by atoms with Gasteiger partial charge in [0.05, 0.1) is 18.6 Å². The zero-order valence-electron chi connectivity index (χ0n) is 17.9. The van der Waals surface area contributed by atoms with Crippen molar-refractivity contribution in [3.05, 3.63) is 23.8 Å². The summed E-state index contributed by atoms with van der Waals surface area (Å²) in [7, 11) is 0. The van der Waals surface area contributed by atoms with E-state index >= 15 is 4.39 Å². The zero-order valence-corrected chi connectivity index (χ0v) is 19.4.